The van der Waals surface area contributed by atoms with Gasteiger partial charge >= 0.3 is 12.1 Å². The Morgan fingerprint density at radius 1 is 1.21 bits per heavy atom. The van der Waals surface area contributed by atoms with Crippen molar-refractivity contribution in [3.05, 3.63) is 58.5 Å². The first-order valence-corrected chi connectivity index (χ1v) is 11.0. The maximum Gasteiger partial charge on any atom is 0.410 e. The lowest BCUT2D eigenvalue weighted by Crippen LogP contribution is -2.52. The number of nitrogens with one attached hydrogen (secondary N) is 1. The summed E-state index contributed by atoms with van der Waals surface area (Å²) in [7, 11) is 1.25. The van der Waals surface area contributed by atoms with Gasteiger partial charge in [-0.3, -0.25) is 9.69 Å². The maximum atomic E-state index is 13.2. The lowest BCUT2D eigenvalue weighted by Gasteiger charge is -2.28. The van der Waals surface area contributed by atoms with Crippen molar-refractivity contribution in [2.24, 2.45) is 5.11 Å². The smallest absolute Gasteiger partial charge is 0.410 e. The Morgan fingerprint density at radius 3 is 2.56 bits per heavy atom. The standard InChI is InChI=1S/C24H29N5O5/c1-24(2,3)34-23(32)29-14-18(27-28-25)13-20(29)21(30)26-19(22(31)33-4)12-15-9-10-16-7-5-6-8-17(16)11-15/h5-11,18-20H,12-14H2,1-4H3,(H,26,30)/t18?,19-,20?/m0/s1. The summed E-state index contributed by atoms with van der Waals surface area (Å²) in [5.74, 6) is -1.15. The normalized spacial score (nSPS) is 18.6. The van der Waals surface area contributed by atoms with E-state index in [4.69, 9.17) is 15.0 Å². The molecule has 0 saturated carbocycles. The molecule has 180 valence electrons. The Morgan fingerprint density at radius 2 is 1.91 bits per heavy atom. The van der Waals surface area contributed by atoms with Crippen LogP contribution in [0.15, 0.2) is 47.6 Å². The van der Waals surface area contributed by atoms with Crippen molar-refractivity contribution in [3.8, 4) is 0 Å². The van der Waals surface area contributed by atoms with Crippen LogP contribution in [-0.2, 0) is 25.5 Å². The van der Waals surface area contributed by atoms with Crippen molar-refractivity contribution in [3.63, 3.8) is 0 Å². The molecule has 0 radical (unpaired) electrons. The van der Waals surface area contributed by atoms with Crippen LogP contribution >= 0.6 is 0 Å². The molecule has 1 N–H and O–H groups in total. The quantitative estimate of drug-likeness (QED) is 0.299. The fraction of sp³-hybridized carbons (Fsp3) is 0.458. The van der Waals surface area contributed by atoms with Gasteiger partial charge in [-0.05, 0) is 49.1 Å². The van der Waals surface area contributed by atoms with Crippen molar-refractivity contribution < 1.29 is 23.9 Å². The van der Waals surface area contributed by atoms with E-state index in [-0.39, 0.29) is 19.4 Å². The summed E-state index contributed by atoms with van der Waals surface area (Å²) in [5.41, 5.74) is 8.89. The summed E-state index contributed by atoms with van der Waals surface area (Å²) in [4.78, 5) is 42.5. The summed E-state index contributed by atoms with van der Waals surface area (Å²) in [5, 5.41) is 8.47. The van der Waals surface area contributed by atoms with Gasteiger partial charge in [-0.2, -0.15) is 0 Å². The van der Waals surface area contributed by atoms with Crippen molar-refractivity contribution >= 4 is 28.7 Å². The minimum Gasteiger partial charge on any atom is -0.467 e. The Kier molecular flexibility index (Phi) is 7.63. The average Bonchev–Trinajstić information content (AvgIpc) is 3.21. The molecule has 2 aromatic carbocycles. The molecule has 1 fully saturated rings. The van der Waals surface area contributed by atoms with Crippen LogP contribution in [0.5, 0.6) is 0 Å². The van der Waals surface area contributed by atoms with Crippen molar-refractivity contribution in [2.45, 2.75) is 57.3 Å². The van der Waals surface area contributed by atoms with Gasteiger partial charge in [0.25, 0.3) is 0 Å². The second kappa shape index (κ2) is 10.4. The number of nitrogens with zero attached hydrogens (tertiary/aromatic N) is 4. The van der Waals surface area contributed by atoms with E-state index < -0.39 is 41.7 Å². The van der Waals surface area contributed by atoms with Gasteiger partial charge in [-0.1, -0.05) is 47.6 Å². The topological polar surface area (TPSA) is 134 Å². The third-order valence-corrected chi connectivity index (χ3v) is 5.48. The number of hydrogen-bond donors (Lipinski definition) is 1. The number of carbonyl (C=O) groups is 3. The van der Waals surface area contributed by atoms with Crippen LogP contribution in [0, 0.1) is 0 Å². The van der Waals surface area contributed by atoms with Gasteiger partial charge in [0.1, 0.15) is 17.7 Å². The number of esters is 1. The molecule has 1 aliphatic rings. The molecule has 0 spiro atoms. The summed E-state index contributed by atoms with van der Waals surface area (Å²) in [6.07, 6.45) is -0.353. The van der Waals surface area contributed by atoms with Gasteiger partial charge in [-0.15, -0.1) is 0 Å². The van der Waals surface area contributed by atoms with Gasteiger partial charge in [0, 0.05) is 17.9 Å². The zero-order valence-corrected chi connectivity index (χ0v) is 19.7. The first kappa shape index (κ1) is 24.9. The molecule has 0 aliphatic carbocycles. The lowest BCUT2D eigenvalue weighted by molar-refractivity contribution is -0.145. The number of fused-ring (bicyclic) bond motifs is 1. The van der Waals surface area contributed by atoms with E-state index in [0.29, 0.717) is 0 Å². The molecule has 10 heteroatoms. The van der Waals surface area contributed by atoms with E-state index in [0.717, 1.165) is 16.3 Å². The molecule has 10 nitrogen and oxygen atoms in total. The minimum absolute atomic E-state index is 0.0463. The molecule has 1 heterocycles. The predicted molar refractivity (Wildman–Crippen MR) is 126 cm³/mol. The van der Waals surface area contributed by atoms with Crippen LogP contribution in [0.4, 0.5) is 4.79 Å². The van der Waals surface area contributed by atoms with Gasteiger partial charge in [-0.25, -0.2) is 9.59 Å². The number of benzene rings is 2. The summed E-state index contributed by atoms with van der Waals surface area (Å²) in [6.45, 7) is 5.21. The van der Waals surface area contributed by atoms with Crippen molar-refractivity contribution in [1.29, 1.82) is 0 Å². The van der Waals surface area contributed by atoms with Crippen LogP contribution in [0.3, 0.4) is 0 Å². The number of carbonyl (C=O) groups excluding carboxylic acids is 3. The van der Waals surface area contributed by atoms with Gasteiger partial charge in [0.15, 0.2) is 0 Å². The number of methoxy groups -OCH3 is 1. The molecule has 34 heavy (non-hydrogen) atoms. The third kappa shape index (κ3) is 6.17. The van der Waals surface area contributed by atoms with Gasteiger partial charge in [0.2, 0.25) is 5.91 Å². The van der Waals surface area contributed by atoms with Crippen LogP contribution < -0.4 is 5.32 Å². The molecular formula is C24H29N5O5. The van der Waals surface area contributed by atoms with Gasteiger partial charge in [0.05, 0.1) is 13.2 Å². The number of azide groups is 1. The zero-order chi connectivity index (χ0) is 24.9. The highest BCUT2D eigenvalue weighted by molar-refractivity contribution is 5.90. The van der Waals surface area contributed by atoms with Crippen molar-refractivity contribution in [2.75, 3.05) is 13.7 Å². The fourth-order valence-corrected chi connectivity index (χ4v) is 3.95. The second-order valence-electron chi connectivity index (χ2n) is 9.21. The highest BCUT2D eigenvalue weighted by atomic mass is 16.6. The third-order valence-electron chi connectivity index (χ3n) is 5.48. The largest absolute Gasteiger partial charge is 0.467 e. The first-order chi connectivity index (χ1) is 16.1. The Balaban J connectivity index is 1.80. The molecular weight excluding hydrogens is 438 g/mol. The van der Waals surface area contributed by atoms with Crippen molar-refractivity contribution in [1.82, 2.24) is 10.2 Å². The molecule has 2 amide bonds. The highest BCUT2D eigenvalue weighted by Gasteiger charge is 2.42. The van der Waals surface area contributed by atoms with E-state index in [2.05, 4.69) is 15.3 Å². The summed E-state index contributed by atoms with van der Waals surface area (Å²) < 4.78 is 10.3. The molecule has 0 aromatic heterocycles. The molecule has 1 saturated heterocycles. The Bertz CT molecular complexity index is 1120. The molecule has 0 bridgehead atoms. The van der Waals surface area contributed by atoms with Gasteiger partial charge < -0.3 is 14.8 Å². The van der Waals surface area contributed by atoms with E-state index in [9.17, 15) is 14.4 Å². The number of likely N-dealkylation sites (tertiary alicyclic amines) is 1. The average molecular weight is 468 g/mol. The summed E-state index contributed by atoms with van der Waals surface area (Å²) in [6, 6.07) is 11.1. The minimum atomic E-state index is -0.960. The highest BCUT2D eigenvalue weighted by Crippen LogP contribution is 2.24. The lowest BCUT2D eigenvalue weighted by atomic mass is 10.0. The zero-order valence-electron chi connectivity index (χ0n) is 19.7. The number of ether oxygens (including phenoxy) is 2. The summed E-state index contributed by atoms with van der Waals surface area (Å²) >= 11 is 0. The number of amides is 2. The SMILES string of the molecule is COC(=O)[C@H](Cc1ccc2ccccc2c1)NC(=O)C1CC(N=[N+]=[N-])CN1C(=O)OC(C)(C)C. The molecule has 2 unspecified atom stereocenters. The Hall–Kier alpha value is -3.78. The van der Waals surface area contributed by atoms with E-state index >= 15 is 0 Å². The number of rotatable bonds is 6. The molecule has 3 rings (SSSR count). The Labute approximate surface area is 197 Å². The maximum absolute atomic E-state index is 13.2. The molecule has 3 atom stereocenters. The van der Waals surface area contributed by atoms with Crippen LogP contribution in [0.1, 0.15) is 32.8 Å². The first-order valence-electron chi connectivity index (χ1n) is 11.0. The predicted octanol–water partition coefficient (Wildman–Crippen LogP) is 3.73. The van der Waals surface area contributed by atoms with E-state index in [1.54, 1.807) is 20.8 Å². The van der Waals surface area contributed by atoms with Crippen LogP contribution in [0.2, 0.25) is 0 Å². The second-order valence-corrected chi connectivity index (χ2v) is 9.21. The van der Waals surface area contributed by atoms with E-state index in [1.807, 2.05) is 42.5 Å². The fourth-order valence-electron chi connectivity index (χ4n) is 3.95. The molecule has 1 aliphatic heterocycles. The molecule has 2 aromatic rings. The van der Waals surface area contributed by atoms with E-state index in [1.165, 1.54) is 12.0 Å². The number of hydrogen-bond acceptors (Lipinski definition) is 6. The van der Waals surface area contributed by atoms with Crippen LogP contribution in [0.25, 0.3) is 21.2 Å². The monoisotopic (exact) mass is 467 g/mol. The van der Waals surface area contributed by atoms with Crippen LogP contribution in [-0.4, -0.2) is 60.3 Å².